The summed E-state index contributed by atoms with van der Waals surface area (Å²) in [5, 5.41) is 10.7. The summed E-state index contributed by atoms with van der Waals surface area (Å²) in [5.41, 5.74) is 2.98. The maximum Gasteiger partial charge on any atom is 0.264 e. The molecule has 2 N–H and O–H groups in total. The van der Waals surface area contributed by atoms with Crippen LogP contribution in [-0.4, -0.2) is 21.1 Å². The van der Waals surface area contributed by atoms with Crippen LogP contribution in [0.3, 0.4) is 0 Å². The van der Waals surface area contributed by atoms with E-state index in [0.717, 1.165) is 47.5 Å². The Hall–Kier alpha value is -3.32. The van der Waals surface area contributed by atoms with Crippen LogP contribution in [0.25, 0.3) is 21.5 Å². The van der Waals surface area contributed by atoms with Gasteiger partial charge in [0.1, 0.15) is 0 Å². The molecule has 1 fully saturated rings. The van der Waals surface area contributed by atoms with E-state index in [9.17, 15) is 9.59 Å². The molecule has 0 bridgehead atoms. The first-order valence-corrected chi connectivity index (χ1v) is 11.3. The van der Waals surface area contributed by atoms with Crippen molar-refractivity contribution in [2.24, 2.45) is 5.92 Å². The number of nitrogens with one attached hydrogen (secondary N) is 2. The van der Waals surface area contributed by atoms with Gasteiger partial charge in [-0.05, 0) is 43.2 Å². The van der Waals surface area contributed by atoms with Crippen LogP contribution in [0, 0.1) is 5.92 Å². The number of H-pyrrole nitrogens is 1. The lowest BCUT2D eigenvalue weighted by Gasteiger charge is -2.29. The highest BCUT2D eigenvalue weighted by Crippen LogP contribution is 2.41. The van der Waals surface area contributed by atoms with Gasteiger partial charge < -0.3 is 5.32 Å². The molecule has 7 heteroatoms. The van der Waals surface area contributed by atoms with Crippen molar-refractivity contribution in [3.8, 4) is 11.3 Å². The van der Waals surface area contributed by atoms with Crippen LogP contribution >= 0.6 is 11.3 Å². The number of amides is 1. The fourth-order valence-corrected chi connectivity index (χ4v) is 5.45. The number of hydrogen-bond acceptors (Lipinski definition) is 5. The first kappa shape index (κ1) is 19.6. The number of anilines is 1. The molecule has 0 aliphatic heterocycles. The highest BCUT2D eigenvalue weighted by Gasteiger charge is 2.34. The third kappa shape index (κ3) is 4.14. The van der Waals surface area contributed by atoms with E-state index in [1.54, 1.807) is 17.4 Å². The van der Waals surface area contributed by atoms with Crippen LogP contribution in [-0.2, 0) is 4.79 Å². The third-order valence-corrected chi connectivity index (χ3v) is 7.00. The second kappa shape index (κ2) is 8.43. The van der Waals surface area contributed by atoms with Gasteiger partial charge in [-0.3, -0.25) is 9.59 Å². The molecular formula is C24H22N4O2S. The van der Waals surface area contributed by atoms with E-state index in [4.69, 9.17) is 4.98 Å². The highest BCUT2D eigenvalue weighted by atomic mass is 32.1. The van der Waals surface area contributed by atoms with Crippen LogP contribution in [0.1, 0.15) is 36.6 Å². The average Bonchev–Trinajstić information content (AvgIpc) is 3.24. The predicted octanol–water partition coefficient (Wildman–Crippen LogP) is 4.96. The van der Waals surface area contributed by atoms with Gasteiger partial charge in [-0.15, -0.1) is 11.3 Å². The van der Waals surface area contributed by atoms with Gasteiger partial charge >= 0.3 is 0 Å². The molecular weight excluding hydrogens is 408 g/mol. The summed E-state index contributed by atoms with van der Waals surface area (Å²) in [4.78, 5) is 29.4. The van der Waals surface area contributed by atoms with Gasteiger partial charge in [0.2, 0.25) is 5.91 Å². The number of nitrogens with zero attached hydrogens (tertiary/aromatic N) is 2. The Bertz CT molecular complexity index is 1240. The van der Waals surface area contributed by atoms with Crippen LogP contribution < -0.4 is 10.9 Å². The number of hydrogen-bond donors (Lipinski definition) is 2. The quantitative estimate of drug-likeness (QED) is 0.479. The Morgan fingerprint density at radius 2 is 1.90 bits per heavy atom. The number of rotatable bonds is 4. The SMILES string of the molecule is O=C(Nc1cccc(-c2ccc(=O)[nH]n2)c1)C1CCCCC1c1nc2ccccc2s1. The molecule has 2 atom stereocenters. The van der Waals surface area contributed by atoms with E-state index in [2.05, 4.69) is 21.6 Å². The average molecular weight is 431 g/mol. The molecule has 0 spiro atoms. The molecule has 1 saturated carbocycles. The normalized spacial score (nSPS) is 18.7. The molecule has 1 aliphatic rings. The highest BCUT2D eigenvalue weighted by molar-refractivity contribution is 7.18. The third-order valence-electron chi connectivity index (χ3n) is 5.84. The van der Waals surface area contributed by atoms with Gasteiger partial charge in [0.15, 0.2) is 0 Å². The van der Waals surface area contributed by atoms with Crippen molar-refractivity contribution in [1.82, 2.24) is 15.2 Å². The Morgan fingerprint density at radius 1 is 1.03 bits per heavy atom. The van der Waals surface area contributed by atoms with Crippen LogP contribution in [0.5, 0.6) is 0 Å². The number of fused-ring (bicyclic) bond motifs is 1. The molecule has 1 aliphatic carbocycles. The van der Waals surface area contributed by atoms with E-state index >= 15 is 0 Å². The molecule has 0 saturated heterocycles. The van der Waals surface area contributed by atoms with Gasteiger partial charge in [-0.25, -0.2) is 10.1 Å². The molecule has 0 radical (unpaired) electrons. The lowest BCUT2D eigenvalue weighted by atomic mass is 9.79. The van der Waals surface area contributed by atoms with Gasteiger partial charge in [-0.1, -0.05) is 37.1 Å². The summed E-state index contributed by atoms with van der Waals surface area (Å²) in [5.74, 6) is 0.0925. The summed E-state index contributed by atoms with van der Waals surface area (Å²) in [6.45, 7) is 0. The van der Waals surface area contributed by atoms with Crippen molar-refractivity contribution in [2.75, 3.05) is 5.32 Å². The van der Waals surface area contributed by atoms with Gasteiger partial charge in [0.05, 0.1) is 20.9 Å². The van der Waals surface area contributed by atoms with Crippen molar-refractivity contribution < 1.29 is 4.79 Å². The molecule has 156 valence electrons. The molecule has 2 aromatic carbocycles. The smallest absolute Gasteiger partial charge is 0.264 e. The van der Waals surface area contributed by atoms with Crippen LogP contribution in [0.4, 0.5) is 5.69 Å². The largest absolute Gasteiger partial charge is 0.326 e. The summed E-state index contributed by atoms with van der Waals surface area (Å²) >= 11 is 1.70. The summed E-state index contributed by atoms with van der Waals surface area (Å²) in [6, 6.07) is 18.8. The van der Waals surface area contributed by atoms with Gasteiger partial charge in [-0.2, -0.15) is 5.10 Å². The lowest BCUT2D eigenvalue weighted by molar-refractivity contribution is -0.121. The van der Waals surface area contributed by atoms with Crippen LogP contribution in [0.2, 0.25) is 0 Å². The zero-order chi connectivity index (χ0) is 21.2. The van der Waals surface area contributed by atoms with Crippen molar-refractivity contribution in [2.45, 2.75) is 31.6 Å². The Balaban J connectivity index is 1.38. The van der Waals surface area contributed by atoms with Crippen LogP contribution in [0.15, 0.2) is 65.5 Å². The molecule has 2 aromatic heterocycles. The Labute approximate surface area is 183 Å². The molecule has 31 heavy (non-hydrogen) atoms. The summed E-state index contributed by atoms with van der Waals surface area (Å²) in [6.07, 6.45) is 4.03. The van der Waals surface area contributed by atoms with Crippen molar-refractivity contribution in [3.05, 3.63) is 76.0 Å². The van der Waals surface area contributed by atoms with Crippen molar-refractivity contribution in [3.63, 3.8) is 0 Å². The lowest BCUT2D eigenvalue weighted by Crippen LogP contribution is -2.30. The standard InChI is InChI=1S/C24H22N4O2S/c29-22-13-12-19(27-28-22)15-6-5-7-16(14-15)25-23(30)17-8-1-2-9-18(17)24-26-20-10-3-4-11-21(20)31-24/h3-7,10-14,17-18H,1-2,8-9H2,(H,25,30)(H,28,29). The molecule has 6 nitrogen and oxygen atoms in total. The minimum Gasteiger partial charge on any atom is -0.326 e. The zero-order valence-electron chi connectivity index (χ0n) is 16.9. The van der Waals surface area contributed by atoms with Crippen molar-refractivity contribution >= 4 is 33.1 Å². The van der Waals surface area contributed by atoms with E-state index in [1.165, 1.54) is 10.8 Å². The number of aromatic nitrogens is 3. The van der Waals surface area contributed by atoms with E-state index in [-0.39, 0.29) is 23.3 Å². The number of para-hydroxylation sites is 1. The number of carbonyl (C=O) groups is 1. The minimum absolute atomic E-state index is 0.0375. The van der Waals surface area contributed by atoms with E-state index < -0.39 is 0 Å². The topological polar surface area (TPSA) is 87.7 Å². The monoisotopic (exact) mass is 430 g/mol. The first-order chi connectivity index (χ1) is 15.2. The Kier molecular flexibility index (Phi) is 5.34. The maximum atomic E-state index is 13.3. The molecule has 4 aromatic rings. The molecule has 2 heterocycles. The summed E-state index contributed by atoms with van der Waals surface area (Å²) < 4.78 is 1.17. The second-order valence-electron chi connectivity index (χ2n) is 7.89. The number of benzene rings is 2. The second-order valence-corrected chi connectivity index (χ2v) is 8.96. The maximum absolute atomic E-state index is 13.3. The Morgan fingerprint density at radius 3 is 2.74 bits per heavy atom. The number of aromatic amines is 1. The van der Waals surface area contributed by atoms with E-state index in [1.807, 2.05) is 42.5 Å². The molecule has 2 unspecified atom stereocenters. The van der Waals surface area contributed by atoms with Crippen molar-refractivity contribution in [1.29, 1.82) is 0 Å². The summed E-state index contributed by atoms with van der Waals surface area (Å²) in [7, 11) is 0. The minimum atomic E-state index is -0.244. The fraction of sp³-hybridized carbons (Fsp3) is 0.250. The zero-order valence-corrected chi connectivity index (χ0v) is 17.7. The van der Waals surface area contributed by atoms with Gasteiger partial charge in [0, 0.05) is 29.2 Å². The predicted molar refractivity (Wildman–Crippen MR) is 123 cm³/mol. The number of carbonyl (C=O) groups excluding carboxylic acids is 1. The molecule has 5 rings (SSSR count). The molecule has 1 amide bonds. The van der Waals surface area contributed by atoms with Gasteiger partial charge in [0.25, 0.3) is 5.56 Å². The first-order valence-electron chi connectivity index (χ1n) is 10.5. The fourth-order valence-electron chi connectivity index (χ4n) is 4.29. The number of thiazole rings is 1. The van der Waals surface area contributed by atoms with E-state index in [0.29, 0.717) is 5.69 Å².